The standard InChI is InChI=1S/C26H31N3O3/c30-24(21-10-4-1-5-11-21)27-23(26(32)28-16-8-3-9-17-28)20-14-18-29(19-15-20)25(31)22-12-6-2-7-13-22/h1-2,4-7,10-13,20,23H,3,8-9,14-19H2,(H,27,30). The van der Waals surface area contributed by atoms with Gasteiger partial charge in [0.25, 0.3) is 11.8 Å². The molecule has 0 spiro atoms. The van der Waals surface area contributed by atoms with E-state index >= 15 is 0 Å². The van der Waals surface area contributed by atoms with E-state index in [-0.39, 0.29) is 23.6 Å². The second kappa shape index (κ2) is 10.4. The largest absolute Gasteiger partial charge is 0.341 e. The van der Waals surface area contributed by atoms with Crippen LogP contribution < -0.4 is 5.32 Å². The molecule has 6 nitrogen and oxygen atoms in total. The van der Waals surface area contributed by atoms with E-state index < -0.39 is 6.04 Å². The summed E-state index contributed by atoms with van der Waals surface area (Å²) in [5.41, 5.74) is 1.24. The van der Waals surface area contributed by atoms with Gasteiger partial charge in [-0.25, -0.2) is 0 Å². The van der Waals surface area contributed by atoms with E-state index in [2.05, 4.69) is 5.32 Å². The molecular formula is C26H31N3O3. The molecule has 2 aromatic carbocycles. The fraction of sp³-hybridized carbons (Fsp3) is 0.423. The Morgan fingerprint density at radius 1 is 0.719 bits per heavy atom. The van der Waals surface area contributed by atoms with Crippen LogP contribution in [0.5, 0.6) is 0 Å². The molecule has 2 fully saturated rings. The second-order valence-corrected chi connectivity index (χ2v) is 8.70. The number of carbonyl (C=O) groups is 3. The fourth-order valence-corrected chi connectivity index (χ4v) is 4.71. The molecule has 1 atom stereocenters. The highest BCUT2D eigenvalue weighted by atomic mass is 16.2. The molecule has 3 amide bonds. The molecule has 4 rings (SSSR count). The van der Waals surface area contributed by atoms with Crippen LogP contribution in [0.15, 0.2) is 60.7 Å². The van der Waals surface area contributed by atoms with Gasteiger partial charge in [0, 0.05) is 37.3 Å². The van der Waals surface area contributed by atoms with E-state index in [0.29, 0.717) is 37.1 Å². The average Bonchev–Trinajstić information content (AvgIpc) is 2.88. The van der Waals surface area contributed by atoms with Crippen LogP contribution >= 0.6 is 0 Å². The first-order chi connectivity index (χ1) is 15.6. The minimum absolute atomic E-state index is 0.0110. The van der Waals surface area contributed by atoms with Crippen molar-refractivity contribution in [3.8, 4) is 0 Å². The predicted octanol–water partition coefficient (Wildman–Crippen LogP) is 3.35. The Bertz CT molecular complexity index is 918. The van der Waals surface area contributed by atoms with Gasteiger partial charge in [-0.05, 0) is 62.3 Å². The third kappa shape index (κ3) is 5.18. The Morgan fingerprint density at radius 2 is 1.28 bits per heavy atom. The lowest BCUT2D eigenvalue weighted by molar-refractivity contribution is -0.136. The first-order valence-electron chi connectivity index (χ1n) is 11.6. The van der Waals surface area contributed by atoms with E-state index in [1.54, 1.807) is 12.1 Å². The number of amides is 3. The zero-order valence-corrected chi connectivity index (χ0v) is 18.4. The minimum Gasteiger partial charge on any atom is -0.341 e. The summed E-state index contributed by atoms with van der Waals surface area (Å²) < 4.78 is 0. The number of hydrogen-bond acceptors (Lipinski definition) is 3. The Morgan fingerprint density at radius 3 is 1.88 bits per heavy atom. The highest BCUT2D eigenvalue weighted by molar-refractivity contribution is 5.97. The van der Waals surface area contributed by atoms with Crippen LogP contribution in [0.4, 0.5) is 0 Å². The molecule has 2 saturated heterocycles. The summed E-state index contributed by atoms with van der Waals surface area (Å²) in [6.07, 6.45) is 4.55. The van der Waals surface area contributed by atoms with Gasteiger partial charge in [-0.1, -0.05) is 36.4 Å². The third-order valence-corrected chi connectivity index (χ3v) is 6.58. The lowest BCUT2D eigenvalue weighted by Gasteiger charge is -2.38. The fourth-order valence-electron chi connectivity index (χ4n) is 4.71. The molecule has 0 bridgehead atoms. The van der Waals surface area contributed by atoms with Crippen LogP contribution in [0.1, 0.15) is 52.8 Å². The summed E-state index contributed by atoms with van der Waals surface area (Å²) >= 11 is 0. The smallest absolute Gasteiger partial charge is 0.253 e. The molecule has 32 heavy (non-hydrogen) atoms. The van der Waals surface area contributed by atoms with Crippen molar-refractivity contribution in [2.75, 3.05) is 26.2 Å². The lowest BCUT2D eigenvalue weighted by atomic mass is 9.87. The highest BCUT2D eigenvalue weighted by Gasteiger charge is 2.36. The van der Waals surface area contributed by atoms with Crippen molar-refractivity contribution in [3.05, 3.63) is 71.8 Å². The van der Waals surface area contributed by atoms with Gasteiger partial charge in [0.05, 0.1) is 0 Å². The van der Waals surface area contributed by atoms with Gasteiger partial charge >= 0.3 is 0 Å². The number of likely N-dealkylation sites (tertiary alicyclic amines) is 2. The van der Waals surface area contributed by atoms with Crippen LogP contribution in [-0.2, 0) is 4.79 Å². The Balaban J connectivity index is 1.45. The topological polar surface area (TPSA) is 69.7 Å². The van der Waals surface area contributed by atoms with Crippen molar-refractivity contribution in [2.24, 2.45) is 5.92 Å². The number of nitrogens with one attached hydrogen (secondary N) is 1. The first kappa shape index (κ1) is 22.1. The van der Waals surface area contributed by atoms with Crippen molar-refractivity contribution >= 4 is 17.7 Å². The van der Waals surface area contributed by atoms with Crippen molar-refractivity contribution in [1.82, 2.24) is 15.1 Å². The number of piperidine rings is 2. The summed E-state index contributed by atoms with van der Waals surface area (Å²) in [6.45, 7) is 2.68. The Kier molecular flexibility index (Phi) is 7.20. The molecule has 6 heteroatoms. The van der Waals surface area contributed by atoms with E-state index in [0.717, 1.165) is 32.4 Å². The number of rotatable bonds is 5. The van der Waals surface area contributed by atoms with Crippen molar-refractivity contribution < 1.29 is 14.4 Å². The van der Waals surface area contributed by atoms with Gasteiger partial charge in [0.2, 0.25) is 5.91 Å². The number of nitrogens with zero attached hydrogens (tertiary/aromatic N) is 2. The summed E-state index contributed by atoms with van der Waals surface area (Å²) in [5, 5.41) is 3.04. The van der Waals surface area contributed by atoms with Gasteiger partial charge in [0.1, 0.15) is 6.04 Å². The normalized spacial score (nSPS) is 18.1. The van der Waals surface area contributed by atoms with Crippen molar-refractivity contribution in [3.63, 3.8) is 0 Å². The molecule has 1 unspecified atom stereocenters. The maximum absolute atomic E-state index is 13.4. The van der Waals surface area contributed by atoms with Crippen molar-refractivity contribution in [1.29, 1.82) is 0 Å². The summed E-state index contributed by atoms with van der Waals surface area (Å²) in [6, 6.07) is 17.8. The predicted molar refractivity (Wildman–Crippen MR) is 123 cm³/mol. The van der Waals surface area contributed by atoms with Gasteiger partial charge in [-0.3, -0.25) is 14.4 Å². The second-order valence-electron chi connectivity index (χ2n) is 8.70. The molecular weight excluding hydrogens is 402 g/mol. The summed E-state index contributed by atoms with van der Waals surface area (Å²) in [4.78, 5) is 42.9. The highest BCUT2D eigenvalue weighted by Crippen LogP contribution is 2.25. The maximum Gasteiger partial charge on any atom is 0.253 e. The molecule has 0 radical (unpaired) electrons. The summed E-state index contributed by atoms with van der Waals surface area (Å²) in [5.74, 6) is -0.168. The zero-order valence-electron chi connectivity index (χ0n) is 18.4. The SMILES string of the molecule is O=C(NC(C(=O)N1CCCCC1)C1CCN(C(=O)c2ccccc2)CC1)c1ccccc1. The quantitative estimate of drug-likeness (QED) is 0.786. The van der Waals surface area contributed by atoms with Crippen LogP contribution in [0, 0.1) is 5.92 Å². The van der Waals surface area contributed by atoms with Crippen LogP contribution in [-0.4, -0.2) is 59.7 Å². The molecule has 2 aliphatic heterocycles. The zero-order chi connectivity index (χ0) is 22.3. The van der Waals surface area contributed by atoms with E-state index in [1.807, 2.05) is 58.3 Å². The van der Waals surface area contributed by atoms with Crippen molar-refractivity contribution in [2.45, 2.75) is 38.1 Å². The van der Waals surface area contributed by atoms with Gasteiger partial charge < -0.3 is 15.1 Å². The lowest BCUT2D eigenvalue weighted by Crippen LogP contribution is -2.55. The Labute approximate surface area is 189 Å². The number of benzene rings is 2. The molecule has 168 valence electrons. The molecule has 1 N–H and O–H groups in total. The molecule has 2 aliphatic rings. The molecule has 0 saturated carbocycles. The van der Waals surface area contributed by atoms with E-state index in [9.17, 15) is 14.4 Å². The molecule has 0 aliphatic carbocycles. The molecule has 2 aromatic rings. The summed E-state index contributed by atoms with van der Waals surface area (Å²) in [7, 11) is 0. The van der Waals surface area contributed by atoms with Gasteiger partial charge in [0.15, 0.2) is 0 Å². The minimum atomic E-state index is -0.560. The van der Waals surface area contributed by atoms with Crippen LogP contribution in [0.3, 0.4) is 0 Å². The van der Waals surface area contributed by atoms with Gasteiger partial charge in [-0.2, -0.15) is 0 Å². The number of carbonyl (C=O) groups excluding carboxylic acids is 3. The monoisotopic (exact) mass is 433 g/mol. The average molecular weight is 434 g/mol. The van der Waals surface area contributed by atoms with Gasteiger partial charge in [-0.15, -0.1) is 0 Å². The molecule has 2 heterocycles. The van der Waals surface area contributed by atoms with E-state index in [1.165, 1.54) is 0 Å². The maximum atomic E-state index is 13.4. The van der Waals surface area contributed by atoms with Crippen LogP contribution in [0.2, 0.25) is 0 Å². The van der Waals surface area contributed by atoms with Crippen LogP contribution in [0.25, 0.3) is 0 Å². The van der Waals surface area contributed by atoms with E-state index in [4.69, 9.17) is 0 Å². The number of hydrogen-bond donors (Lipinski definition) is 1. The Hall–Kier alpha value is -3.15. The molecule has 0 aromatic heterocycles. The first-order valence-corrected chi connectivity index (χ1v) is 11.6. The third-order valence-electron chi connectivity index (χ3n) is 6.58.